The highest BCUT2D eigenvalue weighted by Gasteiger charge is 2.46. The Hall–Kier alpha value is -2.87. The Morgan fingerprint density at radius 2 is 1.72 bits per heavy atom. The first-order valence-electron chi connectivity index (χ1n) is 10.5. The van der Waals surface area contributed by atoms with Gasteiger partial charge in [0, 0.05) is 36.8 Å². The smallest absolute Gasteiger partial charge is 0.295 e. The predicted molar refractivity (Wildman–Crippen MR) is 121 cm³/mol. The minimum atomic E-state index is -0.699. The van der Waals surface area contributed by atoms with E-state index in [1.807, 2.05) is 0 Å². The molecule has 0 bridgehead atoms. The number of morpholine rings is 1. The summed E-state index contributed by atoms with van der Waals surface area (Å²) < 4.78 is 10.6. The van der Waals surface area contributed by atoms with E-state index in [4.69, 9.17) is 21.1 Å². The molecule has 0 aliphatic carbocycles. The van der Waals surface area contributed by atoms with Gasteiger partial charge in [-0.3, -0.25) is 14.5 Å². The van der Waals surface area contributed by atoms with E-state index >= 15 is 0 Å². The van der Waals surface area contributed by atoms with Gasteiger partial charge >= 0.3 is 0 Å². The van der Waals surface area contributed by atoms with Gasteiger partial charge in [0.15, 0.2) is 0 Å². The lowest BCUT2D eigenvalue weighted by atomic mass is 9.95. The van der Waals surface area contributed by atoms with Crippen LogP contribution < -0.4 is 4.74 Å². The van der Waals surface area contributed by atoms with Crippen LogP contribution in [0.1, 0.15) is 17.2 Å². The van der Waals surface area contributed by atoms with Crippen molar-refractivity contribution < 1.29 is 24.2 Å². The second-order valence-electron chi connectivity index (χ2n) is 7.73. The molecule has 2 saturated heterocycles. The quantitative estimate of drug-likeness (QED) is 0.409. The van der Waals surface area contributed by atoms with Crippen LogP contribution in [0.5, 0.6) is 5.75 Å². The van der Waals surface area contributed by atoms with Crippen LogP contribution in [-0.2, 0) is 14.3 Å². The Morgan fingerprint density at radius 1 is 1.06 bits per heavy atom. The number of carbonyl (C=O) groups excluding carboxylic acids is 2. The summed E-state index contributed by atoms with van der Waals surface area (Å²) in [5.74, 6) is -0.893. The number of halogens is 1. The van der Waals surface area contributed by atoms with Gasteiger partial charge in [0.25, 0.3) is 11.7 Å². The van der Waals surface area contributed by atoms with Gasteiger partial charge in [0.05, 0.1) is 31.9 Å². The molecular weight excluding hydrogens is 432 g/mol. The standard InChI is InChI=1S/C24H25ClN2O5/c1-31-19-8-4-17(5-9-19)22(28)20-21(16-2-6-18(25)7-3-16)27(24(30)23(20)29)11-10-26-12-14-32-15-13-26/h2-9,21,28H,10-15H2,1H3/t21-/m0/s1. The number of Topliss-reactive ketones (excluding diaryl/α,β-unsaturated/α-hetero) is 1. The van der Waals surface area contributed by atoms with E-state index < -0.39 is 17.7 Å². The fourth-order valence-electron chi connectivity index (χ4n) is 4.08. The van der Waals surface area contributed by atoms with Crippen molar-refractivity contribution >= 4 is 29.1 Å². The number of aliphatic hydroxyl groups is 1. The topological polar surface area (TPSA) is 79.3 Å². The maximum atomic E-state index is 13.1. The number of benzene rings is 2. The Bertz CT molecular complexity index is 1010. The fourth-order valence-corrected chi connectivity index (χ4v) is 4.21. The number of amides is 1. The van der Waals surface area contributed by atoms with Crippen molar-refractivity contribution in [3.63, 3.8) is 0 Å². The minimum Gasteiger partial charge on any atom is -0.507 e. The average Bonchev–Trinajstić information content (AvgIpc) is 3.08. The molecule has 8 heteroatoms. The average molecular weight is 457 g/mol. The van der Waals surface area contributed by atoms with Crippen molar-refractivity contribution in [3.05, 3.63) is 70.3 Å². The maximum absolute atomic E-state index is 13.1. The van der Waals surface area contributed by atoms with Gasteiger partial charge in [-0.1, -0.05) is 23.7 Å². The monoisotopic (exact) mass is 456 g/mol. The molecule has 0 unspecified atom stereocenters. The van der Waals surface area contributed by atoms with E-state index in [9.17, 15) is 14.7 Å². The summed E-state index contributed by atoms with van der Waals surface area (Å²) in [6.07, 6.45) is 0. The van der Waals surface area contributed by atoms with E-state index in [2.05, 4.69) is 4.90 Å². The molecule has 2 aliphatic heterocycles. The van der Waals surface area contributed by atoms with Gasteiger partial charge in [0.1, 0.15) is 11.5 Å². The summed E-state index contributed by atoms with van der Waals surface area (Å²) in [5, 5.41) is 11.6. The number of rotatable bonds is 6. The molecule has 7 nitrogen and oxygen atoms in total. The summed E-state index contributed by atoms with van der Waals surface area (Å²) in [6, 6.07) is 13.0. The Morgan fingerprint density at radius 3 is 2.34 bits per heavy atom. The van der Waals surface area contributed by atoms with Gasteiger partial charge in [-0.15, -0.1) is 0 Å². The number of hydrogen-bond donors (Lipinski definition) is 1. The molecule has 1 N–H and O–H groups in total. The minimum absolute atomic E-state index is 0.0736. The van der Waals surface area contributed by atoms with E-state index in [1.54, 1.807) is 55.6 Å². The normalized spacial score (nSPS) is 21.2. The number of carbonyl (C=O) groups is 2. The first-order valence-corrected chi connectivity index (χ1v) is 10.9. The molecule has 32 heavy (non-hydrogen) atoms. The fraction of sp³-hybridized carbons (Fsp3) is 0.333. The van der Waals surface area contributed by atoms with Crippen LogP contribution in [-0.4, -0.2) is 73.1 Å². The number of hydrogen-bond acceptors (Lipinski definition) is 6. The molecule has 168 valence electrons. The van der Waals surface area contributed by atoms with Crippen molar-refractivity contribution in [3.8, 4) is 5.75 Å². The third kappa shape index (κ3) is 4.50. The van der Waals surface area contributed by atoms with Crippen LogP contribution in [0.15, 0.2) is 54.1 Å². The Kier molecular flexibility index (Phi) is 6.79. The zero-order chi connectivity index (χ0) is 22.7. The summed E-state index contributed by atoms with van der Waals surface area (Å²) in [5.41, 5.74) is 1.23. The van der Waals surface area contributed by atoms with Crippen molar-refractivity contribution in [1.82, 2.24) is 9.80 Å². The number of ketones is 1. The van der Waals surface area contributed by atoms with Gasteiger partial charge in [-0.25, -0.2) is 0 Å². The summed E-state index contributed by atoms with van der Waals surface area (Å²) in [7, 11) is 1.55. The molecule has 2 aromatic carbocycles. The van der Waals surface area contributed by atoms with Gasteiger partial charge in [-0.2, -0.15) is 0 Å². The van der Waals surface area contributed by atoms with Crippen molar-refractivity contribution in [2.45, 2.75) is 6.04 Å². The number of likely N-dealkylation sites (tertiary alicyclic amines) is 1. The molecule has 0 radical (unpaired) electrons. The third-order valence-electron chi connectivity index (χ3n) is 5.85. The second kappa shape index (κ2) is 9.73. The summed E-state index contributed by atoms with van der Waals surface area (Å²) >= 11 is 6.06. The van der Waals surface area contributed by atoms with Crippen LogP contribution in [0.4, 0.5) is 0 Å². The maximum Gasteiger partial charge on any atom is 0.295 e. The largest absolute Gasteiger partial charge is 0.507 e. The Labute approximate surface area is 191 Å². The molecule has 0 aromatic heterocycles. The van der Waals surface area contributed by atoms with Crippen molar-refractivity contribution in [2.24, 2.45) is 0 Å². The molecule has 1 amide bonds. The highest BCUT2D eigenvalue weighted by atomic mass is 35.5. The van der Waals surface area contributed by atoms with E-state index in [1.165, 1.54) is 4.90 Å². The second-order valence-corrected chi connectivity index (χ2v) is 8.16. The highest BCUT2D eigenvalue weighted by Crippen LogP contribution is 2.39. The predicted octanol–water partition coefficient (Wildman–Crippen LogP) is 3.10. The number of ether oxygens (including phenoxy) is 2. The molecule has 4 rings (SSSR count). The van der Waals surface area contributed by atoms with Crippen LogP contribution >= 0.6 is 11.6 Å². The van der Waals surface area contributed by atoms with E-state index in [0.29, 0.717) is 48.2 Å². The van der Waals surface area contributed by atoms with Gasteiger partial charge in [-0.05, 0) is 42.0 Å². The lowest BCUT2D eigenvalue weighted by Crippen LogP contribution is -2.42. The van der Waals surface area contributed by atoms with Crippen LogP contribution in [0.25, 0.3) is 5.76 Å². The summed E-state index contributed by atoms with van der Waals surface area (Å²) in [6.45, 7) is 3.83. The van der Waals surface area contributed by atoms with E-state index in [-0.39, 0.29) is 11.3 Å². The molecule has 2 aromatic rings. The lowest BCUT2D eigenvalue weighted by Gasteiger charge is -2.31. The lowest BCUT2D eigenvalue weighted by molar-refractivity contribution is -0.140. The number of nitrogens with zero attached hydrogens (tertiary/aromatic N) is 2. The number of aliphatic hydroxyl groups excluding tert-OH is 1. The van der Waals surface area contributed by atoms with Crippen molar-refractivity contribution in [1.29, 1.82) is 0 Å². The molecule has 2 fully saturated rings. The molecular formula is C24H25ClN2O5. The zero-order valence-electron chi connectivity index (χ0n) is 17.8. The first kappa shape index (κ1) is 22.3. The SMILES string of the molecule is COc1ccc(C(O)=C2C(=O)C(=O)N(CCN3CCOCC3)[C@H]2c2ccc(Cl)cc2)cc1. The number of methoxy groups -OCH3 is 1. The van der Waals surface area contributed by atoms with E-state index in [0.717, 1.165) is 13.1 Å². The van der Waals surface area contributed by atoms with Gasteiger partial charge in [0.2, 0.25) is 0 Å². The molecule has 0 spiro atoms. The van der Waals surface area contributed by atoms with Crippen molar-refractivity contribution in [2.75, 3.05) is 46.5 Å². The highest BCUT2D eigenvalue weighted by molar-refractivity contribution is 6.46. The van der Waals surface area contributed by atoms with Crippen LogP contribution in [0, 0.1) is 0 Å². The zero-order valence-corrected chi connectivity index (χ0v) is 18.5. The molecule has 1 atom stereocenters. The molecule has 0 saturated carbocycles. The molecule has 2 heterocycles. The Balaban J connectivity index is 1.71. The third-order valence-corrected chi connectivity index (χ3v) is 6.10. The first-order chi connectivity index (χ1) is 15.5. The van der Waals surface area contributed by atoms with Crippen LogP contribution in [0.3, 0.4) is 0 Å². The molecule has 2 aliphatic rings. The summed E-state index contributed by atoms with van der Waals surface area (Å²) in [4.78, 5) is 29.8. The van der Waals surface area contributed by atoms with Crippen LogP contribution in [0.2, 0.25) is 5.02 Å². The van der Waals surface area contributed by atoms with Gasteiger partial charge < -0.3 is 19.5 Å².